The molecule has 2 rings (SSSR count). The van der Waals surface area contributed by atoms with Crippen LogP contribution >= 0.6 is 15.9 Å². The maximum absolute atomic E-state index is 12.3. The molecule has 0 saturated heterocycles. The van der Waals surface area contributed by atoms with Crippen molar-refractivity contribution in [3.8, 4) is 0 Å². The normalized spacial score (nSPS) is 10.0. The number of nitrogens with one attached hydrogen (secondary N) is 2. The fourth-order valence-electron chi connectivity index (χ4n) is 1.79. The van der Waals surface area contributed by atoms with Gasteiger partial charge in [0, 0.05) is 4.47 Å². The number of benzene rings is 2. The van der Waals surface area contributed by atoms with E-state index < -0.39 is 10.8 Å². The Morgan fingerprint density at radius 3 is 2.43 bits per heavy atom. The molecule has 0 spiro atoms. The lowest BCUT2D eigenvalue weighted by molar-refractivity contribution is -0.384. The second-order valence-corrected chi connectivity index (χ2v) is 4.89. The van der Waals surface area contributed by atoms with E-state index in [0.29, 0.717) is 10.2 Å². The molecule has 2 aromatic carbocycles. The van der Waals surface area contributed by atoms with E-state index in [1.165, 1.54) is 18.2 Å². The third-order valence-corrected chi connectivity index (χ3v) is 3.43. The van der Waals surface area contributed by atoms with E-state index in [1.54, 1.807) is 24.3 Å². The standard InChI is InChI=1S/C13H11BrN4O3/c14-9-5-1-2-6-10(9)16-13(19)8-4-3-7-11(17-15)12(8)18(20)21/h1-7,17H,15H2,(H,16,19). The van der Waals surface area contributed by atoms with Crippen molar-refractivity contribution in [2.45, 2.75) is 0 Å². The van der Waals surface area contributed by atoms with Crippen LogP contribution < -0.4 is 16.6 Å². The van der Waals surface area contributed by atoms with Crippen LogP contribution in [0.5, 0.6) is 0 Å². The smallest absolute Gasteiger partial charge is 0.306 e. The van der Waals surface area contributed by atoms with Gasteiger partial charge in [0.25, 0.3) is 5.91 Å². The Kier molecular flexibility index (Phi) is 4.51. The molecule has 0 aliphatic heterocycles. The highest BCUT2D eigenvalue weighted by atomic mass is 79.9. The molecule has 0 bridgehead atoms. The van der Waals surface area contributed by atoms with Crippen molar-refractivity contribution in [2.75, 3.05) is 10.7 Å². The van der Waals surface area contributed by atoms with Crippen LogP contribution in [0.15, 0.2) is 46.9 Å². The number of rotatable bonds is 4. The zero-order valence-electron chi connectivity index (χ0n) is 10.7. The Morgan fingerprint density at radius 1 is 1.14 bits per heavy atom. The minimum absolute atomic E-state index is 0.0692. The molecule has 21 heavy (non-hydrogen) atoms. The van der Waals surface area contributed by atoms with Crippen molar-refractivity contribution in [2.24, 2.45) is 5.84 Å². The van der Waals surface area contributed by atoms with Crippen LogP contribution in [0.1, 0.15) is 10.4 Å². The van der Waals surface area contributed by atoms with E-state index >= 15 is 0 Å². The van der Waals surface area contributed by atoms with E-state index in [4.69, 9.17) is 5.84 Å². The molecule has 7 nitrogen and oxygen atoms in total. The number of para-hydroxylation sites is 2. The van der Waals surface area contributed by atoms with Crippen LogP contribution in [0.25, 0.3) is 0 Å². The number of nitro benzene ring substituents is 1. The number of carbonyl (C=O) groups is 1. The molecule has 0 aromatic heterocycles. The molecule has 0 atom stereocenters. The lowest BCUT2D eigenvalue weighted by atomic mass is 10.1. The minimum Gasteiger partial charge on any atom is -0.321 e. The third kappa shape index (κ3) is 3.18. The van der Waals surface area contributed by atoms with Gasteiger partial charge in [0.15, 0.2) is 0 Å². The van der Waals surface area contributed by atoms with E-state index in [1.807, 2.05) is 0 Å². The van der Waals surface area contributed by atoms with E-state index in [2.05, 4.69) is 26.7 Å². The summed E-state index contributed by atoms with van der Waals surface area (Å²) in [6.45, 7) is 0. The topological polar surface area (TPSA) is 110 Å². The van der Waals surface area contributed by atoms with Crippen LogP contribution in [0, 0.1) is 10.1 Å². The van der Waals surface area contributed by atoms with Gasteiger partial charge in [0.05, 0.1) is 10.6 Å². The summed E-state index contributed by atoms with van der Waals surface area (Å²) in [4.78, 5) is 22.8. The fraction of sp³-hybridized carbons (Fsp3) is 0. The quantitative estimate of drug-likeness (QED) is 0.446. The van der Waals surface area contributed by atoms with Gasteiger partial charge in [-0.15, -0.1) is 0 Å². The molecular formula is C13H11BrN4O3. The molecule has 1 amide bonds. The highest BCUT2D eigenvalue weighted by Gasteiger charge is 2.24. The fourth-order valence-corrected chi connectivity index (χ4v) is 2.18. The summed E-state index contributed by atoms with van der Waals surface area (Å²) in [6, 6.07) is 11.3. The predicted molar refractivity (Wildman–Crippen MR) is 83.0 cm³/mol. The number of anilines is 2. The monoisotopic (exact) mass is 350 g/mol. The molecule has 0 heterocycles. The summed E-state index contributed by atoms with van der Waals surface area (Å²) in [6.07, 6.45) is 0. The van der Waals surface area contributed by atoms with Crippen LogP contribution in [0.3, 0.4) is 0 Å². The number of hydrogen-bond acceptors (Lipinski definition) is 5. The average Bonchev–Trinajstić information content (AvgIpc) is 2.48. The molecule has 0 aliphatic rings. The lowest BCUT2D eigenvalue weighted by Gasteiger charge is -2.09. The second-order valence-electron chi connectivity index (χ2n) is 4.04. The first-order chi connectivity index (χ1) is 10.0. The number of amides is 1. The molecule has 0 unspecified atom stereocenters. The summed E-state index contributed by atoms with van der Waals surface area (Å²) in [7, 11) is 0. The molecule has 0 radical (unpaired) electrons. The molecule has 2 aromatic rings. The second kappa shape index (κ2) is 6.33. The number of halogens is 1. The van der Waals surface area contributed by atoms with Crippen molar-refractivity contribution >= 4 is 38.9 Å². The van der Waals surface area contributed by atoms with Gasteiger partial charge in [-0.25, -0.2) is 0 Å². The number of nitrogens with two attached hydrogens (primary N) is 1. The summed E-state index contributed by atoms with van der Waals surface area (Å²) in [5.74, 6) is 4.65. The number of nitro groups is 1. The maximum Gasteiger partial charge on any atom is 0.306 e. The summed E-state index contributed by atoms with van der Waals surface area (Å²) in [5, 5.41) is 13.8. The first-order valence-electron chi connectivity index (χ1n) is 5.84. The molecule has 108 valence electrons. The Labute approximate surface area is 128 Å². The Balaban J connectivity index is 2.40. The third-order valence-electron chi connectivity index (χ3n) is 2.74. The van der Waals surface area contributed by atoms with Crippen LogP contribution in [-0.4, -0.2) is 10.8 Å². The first-order valence-corrected chi connectivity index (χ1v) is 6.63. The number of nitrogen functional groups attached to an aromatic ring is 1. The van der Waals surface area contributed by atoms with Crippen molar-refractivity contribution in [1.82, 2.24) is 0 Å². The van der Waals surface area contributed by atoms with E-state index in [0.717, 1.165) is 0 Å². The minimum atomic E-state index is -0.649. The Hall–Kier alpha value is -2.45. The van der Waals surface area contributed by atoms with Crippen LogP contribution in [0.4, 0.5) is 17.1 Å². The van der Waals surface area contributed by atoms with Gasteiger partial charge in [-0.05, 0) is 40.2 Å². The highest BCUT2D eigenvalue weighted by molar-refractivity contribution is 9.10. The van der Waals surface area contributed by atoms with Gasteiger partial charge in [-0.1, -0.05) is 18.2 Å². The van der Waals surface area contributed by atoms with E-state index in [9.17, 15) is 14.9 Å². The SMILES string of the molecule is NNc1cccc(C(=O)Nc2ccccc2Br)c1[N+](=O)[O-]. The maximum atomic E-state index is 12.3. The van der Waals surface area contributed by atoms with Crippen molar-refractivity contribution in [1.29, 1.82) is 0 Å². The van der Waals surface area contributed by atoms with Gasteiger partial charge in [-0.2, -0.15) is 0 Å². The first kappa shape index (κ1) is 14.9. The summed E-state index contributed by atoms with van der Waals surface area (Å²) >= 11 is 3.29. The number of nitrogens with zero attached hydrogens (tertiary/aromatic N) is 1. The van der Waals surface area contributed by atoms with Gasteiger partial charge in [-0.3, -0.25) is 20.8 Å². The van der Waals surface area contributed by atoms with Crippen LogP contribution in [0.2, 0.25) is 0 Å². The van der Waals surface area contributed by atoms with Gasteiger partial charge in [0.1, 0.15) is 11.3 Å². The molecule has 0 aliphatic carbocycles. The van der Waals surface area contributed by atoms with Crippen molar-refractivity contribution in [3.63, 3.8) is 0 Å². The van der Waals surface area contributed by atoms with Gasteiger partial charge >= 0.3 is 5.69 Å². The number of hydrazine groups is 1. The summed E-state index contributed by atoms with van der Waals surface area (Å²) in [5.41, 5.74) is 2.35. The number of hydrogen-bond donors (Lipinski definition) is 3. The molecule has 0 saturated carbocycles. The highest BCUT2D eigenvalue weighted by Crippen LogP contribution is 2.29. The van der Waals surface area contributed by atoms with Crippen molar-refractivity contribution < 1.29 is 9.72 Å². The van der Waals surface area contributed by atoms with Crippen molar-refractivity contribution in [3.05, 3.63) is 62.6 Å². The summed E-state index contributed by atoms with van der Waals surface area (Å²) < 4.78 is 0.675. The lowest BCUT2D eigenvalue weighted by Crippen LogP contribution is -2.16. The molecule has 4 N–H and O–H groups in total. The number of carbonyl (C=O) groups excluding carboxylic acids is 1. The Morgan fingerprint density at radius 2 is 1.81 bits per heavy atom. The average molecular weight is 351 g/mol. The largest absolute Gasteiger partial charge is 0.321 e. The van der Waals surface area contributed by atoms with E-state index in [-0.39, 0.29) is 16.9 Å². The van der Waals surface area contributed by atoms with Gasteiger partial charge < -0.3 is 10.7 Å². The zero-order chi connectivity index (χ0) is 15.4. The predicted octanol–water partition coefficient (Wildman–Crippen LogP) is 2.90. The zero-order valence-corrected chi connectivity index (χ0v) is 12.3. The Bertz CT molecular complexity index is 706. The molecule has 8 heteroatoms. The van der Waals surface area contributed by atoms with Gasteiger partial charge in [0.2, 0.25) is 0 Å². The molecule has 0 fully saturated rings. The van der Waals surface area contributed by atoms with Crippen LogP contribution in [-0.2, 0) is 0 Å². The molecular weight excluding hydrogens is 340 g/mol.